The summed E-state index contributed by atoms with van der Waals surface area (Å²) in [5.74, 6) is -0.456. The van der Waals surface area contributed by atoms with Crippen LogP contribution in [-0.2, 0) is 0 Å². The Bertz CT molecular complexity index is 268. The van der Waals surface area contributed by atoms with E-state index in [1.807, 2.05) is 0 Å². The lowest BCUT2D eigenvalue weighted by Crippen LogP contribution is -1.90. The van der Waals surface area contributed by atoms with E-state index in [2.05, 4.69) is 22.2 Å². The molecule has 1 aromatic rings. The Hall–Kier alpha value is -0.770. The zero-order chi connectivity index (χ0) is 6.85. The van der Waals surface area contributed by atoms with E-state index >= 15 is 0 Å². The molecule has 0 atom stereocenters. The summed E-state index contributed by atoms with van der Waals surface area (Å²) < 4.78 is 12.7. The standard InChI is InChI=1S/C5H5FN2S/c1-3-5(6)8-4(9)2-7-3/h2H,1H3,(H,8,9). The number of hydrogen-bond donors (Lipinski definition) is 1. The SMILES string of the molecule is Cc1ncc(=S)[nH]c1F. The van der Waals surface area contributed by atoms with Gasteiger partial charge in [-0.05, 0) is 6.92 Å². The summed E-state index contributed by atoms with van der Waals surface area (Å²) in [5, 5.41) is 0. The van der Waals surface area contributed by atoms with Crippen molar-refractivity contribution in [3.05, 3.63) is 22.5 Å². The minimum atomic E-state index is -0.456. The van der Waals surface area contributed by atoms with Crippen LogP contribution in [-0.4, -0.2) is 9.97 Å². The van der Waals surface area contributed by atoms with Gasteiger partial charge in [-0.2, -0.15) is 4.39 Å². The van der Waals surface area contributed by atoms with Crippen LogP contribution >= 0.6 is 12.2 Å². The summed E-state index contributed by atoms with van der Waals surface area (Å²) in [6, 6.07) is 0. The molecule has 0 saturated heterocycles. The number of nitrogens with zero attached hydrogens (tertiary/aromatic N) is 1. The molecule has 0 aliphatic carbocycles. The van der Waals surface area contributed by atoms with Gasteiger partial charge >= 0.3 is 0 Å². The van der Waals surface area contributed by atoms with Gasteiger partial charge in [-0.25, -0.2) is 0 Å². The number of aromatic nitrogens is 2. The van der Waals surface area contributed by atoms with E-state index in [1.54, 1.807) is 6.92 Å². The van der Waals surface area contributed by atoms with E-state index in [4.69, 9.17) is 0 Å². The molecule has 0 radical (unpaired) electrons. The Morgan fingerprint density at radius 1 is 1.78 bits per heavy atom. The van der Waals surface area contributed by atoms with Gasteiger partial charge in [-0.3, -0.25) is 4.98 Å². The summed E-state index contributed by atoms with van der Waals surface area (Å²) >= 11 is 4.60. The number of aromatic amines is 1. The van der Waals surface area contributed by atoms with Crippen molar-refractivity contribution in [3.8, 4) is 0 Å². The maximum atomic E-state index is 12.4. The van der Waals surface area contributed by atoms with Crippen molar-refractivity contribution in [2.75, 3.05) is 0 Å². The van der Waals surface area contributed by atoms with Crippen LogP contribution in [0.4, 0.5) is 4.39 Å². The van der Waals surface area contributed by atoms with E-state index in [9.17, 15) is 4.39 Å². The predicted molar refractivity (Wildman–Crippen MR) is 34.1 cm³/mol. The lowest BCUT2D eigenvalue weighted by atomic mass is 10.5. The molecule has 1 aromatic heterocycles. The third-order valence-electron chi connectivity index (χ3n) is 0.926. The number of rotatable bonds is 0. The largest absolute Gasteiger partial charge is 0.320 e. The van der Waals surface area contributed by atoms with Crippen molar-refractivity contribution in [1.29, 1.82) is 0 Å². The molecule has 2 nitrogen and oxygen atoms in total. The van der Waals surface area contributed by atoms with Gasteiger partial charge in [0.1, 0.15) is 4.64 Å². The van der Waals surface area contributed by atoms with Crippen molar-refractivity contribution in [3.63, 3.8) is 0 Å². The molecule has 1 heterocycles. The minimum absolute atomic E-state index is 0.318. The van der Waals surface area contributed by atoms with Crippen molar-refractivity contribution < 1.29 is 4.39 Å². The maximum absolute atomic E-state index is 12.4. The average molecular weight is 144 g/mol. The van der Waals surface area contributed by atoms with Gasteiger partial charge in [0.15, 0.2) is 0 Å². The molecular formula is C5H5FN2S. The van der Waals surface area contributed by atoms with Crippen LogP contribution in [0.5, 0.6) is 0 Å². The first kappa shape index (κ1) is 6.35. The van der Waals surface area contributed by atoms with Gasteiger partial charge in [0, 0.05) is 0 Å². The van der Waals surface area contributed by atoms with Gasteiger partial charge < -0.3 is 4.98 Å². The van der Waals surface area contributed by atoms with E-state index in [-0.39, 0.29) is 0 Å². The normalized spacial score (nSPS) is 9.56. The highest BCUT2D eigenvalue weighted by Gasteiger charge is 1.93. The fraction of sp³-hybridized carbons (Fsp3) is 0.200. The van der Waals surface area contributed by atoms with E-state index < -0.39 is 5.95 Å². The second-order valence-electron chi connectivity index (χ2n) is 1.65. The fourth-order valence-corrected chi connectivity index (χ4v) is 0.585. The highest BCUT2D eigenvalue weighted by Crippen LogP contribution is 1.95. The number of H-pyrrole nitrogens is 1. The van der Waals surface area contributed by atoms with Crippen molar-refractivity contribution in [1.82, 2.24) is 9.97 Å². The molecule has 0 saturated carbocycles. The maximum Gasteiger partial charge on any atom is 0.213 e. The Labute approximate surface area is 56.8 Å². The van der Waals surface area contributed by atoms with Crippen LogP contribution in [0.3, 0.4) is 0 Å². The minimum Gasteiger partial charge on any atom is -0.320 e. The fourth-order valence-electron chi connectivity index (χ4n) is 0.443. The zero-order valence-electron chi connectivity index (χ0n) is 4.81. The van der Waals surface area contributed by atoms with E-state index in [1.165, 1.54) is 6.20 Å². The van der Waals surface area contributed by atoms with Crippen molar-refractivity contribution >= 4 is 12.2 Å². The van der Waals surface area contributed by atoms with E-state index in [0.717, 1.165) is 0 Å². The first-order valence-electron chi connectivity index (χ1n) is 2.41. The lowest BCUT2D eigenvalue weighted by Gasteiger charge is -1.90. The monoisotopic (exact) mass is 144 g/mol. The summed E-state index contributed by atoms with van der Waals surface area (Å²) in [6.07, 6.45) is 1.41. The number of hydrogen-bond acceptors (Lipinski definition) is 2. The van der Waals surface area contributed by atoms with Crippen LogP contribution in [0, 0.1) is 17.5 Å². The Balaban J connectivity index is 3.34. The second-order valence-corrected chi connectivity index (χ2v) is 2.09. The van der Waals surface area contributed by atoms with Crippen LogP contribution in [0.15, 0.2) is 6.20 Å². The summed E-state index contributed by atoms with van der Waals surface area (Å²) in [7, 11) is 0. The van der Waals surface area contributed by atoms with Crippen LogP contribution in [0.25, 0.3) is 0 Å². The summed E-state index contributed by atoms with van der Waals surface area (Å²) in [5.41, 5.74) is 0.337. The third kappa shape index (κ3) is 1.32. The molecule has 0 aliphatic rings. The van der Waals surface area contributed by atoms with Gasteiger partial charge in [0.2, 0.25) is 5.95 Å². The Kier molecular flexibility index (Phi) is 1.57. The van der Waals surface area contributed by atoms with Crippen molar-refractivity contribution in [2.24, 2.45) is 0 Å². The number of nitrogens with one attached hydrogen (secondary N) is 1. The number of aryl methyl sites for hydroxylation is 1. The van der Waals surface area contributed by atoms with Gasteiger partial charge in [0.05, 0.1) is 11.9 Å². The van der Waals surface area contributed by atoms with Gasteiger partial charge in [-0.15, -0.1) is 0 Å². The molecule has 0 unspecified atom stereocenters. The van der Waals surface area contributed by atoms with Crippen LogP contribution in [0.1, 0.15) is 5.69 Å². The molecule has 1 rings (SSSR count). The average Bonchev–Trinajstić information content (AvgIpc) is 1.80. The van der Waals surface area contributed by atoms with Gasteiger partial charge in [-0.1, -0.05) is 12.2 Å². The first-order valence-corrected chi connectivity index (χ1v) is 2.82. The molecule has 9 heavy (non-hydrogen) atoms. The second kappa shape index (κ2) is 2.23. The summed E-state index contributed by atoms with van der Waals surface area (Å²) in [4.78, 5) is 5.99. The molecule has 48 valence electrons. The number of halogens is 1. The molecule has 0 spiro atoms. The predicted octanol–water partition coefficient (Wildman–Crippen LogP) is 1.59. The van der Waals surface area contributed by atoms with Crippen molar-refractivity contribution in [2.45, 2.75) is 6.92 Å². The quantitative estimate of drug-likeness (QED) is 0.560. The van der Waals surface area contributed by atoms with Crippen LogP contribution < -0.4 is 0 Å². The Morgan fingerprint density at radius 3 is 2.89 bits per heavy atom. The first-order chi connectivity index (χ1) is 4.20. The van der Waals surface area contributed by atoms with Crippen LogP contribution in [0.2, 0.25) is 0 Å². The molecule has 0 fully saturated rings. The molecule has 0 aliphatic heterocycles. The highest BCUT2D eigenvalue weighted by atomic mass is 32.1. The topological polar surface area (TPSA) is 28.7 Å². The third-order valence-corrected chi connectivity index (χ3v) is 1.13. The molecule has 4 heteroatoms. The Morgan fingerprint density at radius 2 is 2.44 bits per heavy atom. The molecule has 0 amide bonds. The molecule has 0 bridgehead atoms. The molecule has 1 N–H and O–H groups in total. The zero-order valence-corrected chi connectivity index (χ0v) is 5.63. The highest BCUT2D eigenvalue weighted by molar-refractivity contribution is 7.71. The molecule has 0 aromatic carbocycles. The van der Waals surface area contributed by atoms with E-state index in [0.29, 0.717) is 10.3 Å². The summed E-state index contributed by atoms with van der Waals surface area (Å²) in [6.45, 7) is 1.57. The molecular weight excluding hydrogens is 139 g/mol. The lowest BCUT2D eigenvalue weighted by molar-refractivity contribution is 0.563. The smallest absolute Gasteiger partial charge is 0.213 e. The van der Waals surface area contributed by atoms with Gasteiger partial charge in [0.25, 0.3) is 0 Å².